The molecule has 0 aliphatic rings. The predicted octanol–water partition coefficient (Wildman–Crippen LogP) is 4.36. The SMILES string of the molecule is [N-]=[N+]=Nc1ccc(C(=O)NCCCCCNC(=O)COc2cc(S(=O)(=O)O)c3ccc4c(S(=O)(=O)O)cc(S(=O)(=O)O)c5ccc2c3c54)cc1. The molecule has 50 heavy (non-hydrogen) atoms. The van der Waals surface area contributed by atoms with Crippen LogP contribution < -0.4 is 15.4 Å². The normalized spacial score (nSPS) is 12.2. The minimum atomic E-state index is -5.07. The fourth-order valence-corrected chi connectivity index (χ4v) is 7.72. The molecule has 0 aliphatic carbocycles. The van der Waals surface area contributed by atoms with Crippen LogP contribution >= 0.6 is 0 Å². The van der Waals surface area contributed by atoms with Gasteiger partial charge in [0.1, 0.15) is 20.4 Å². The summed E-state index contributed by atoms with van der Waals surface area (Å²) in [5.74, 6) is -1.13. The number of nitrogens with zero attached hydrogens (tertiary/aromatic N) is 3. The highest BCUT2D eigenvalue weighted by Gasteiger charge is 2.28. The van der Waals surface area contributed by atoms with E-state index in [-0.39, 0.29) is 50.5 Å². The first-order chi connectivity index (χ1) is 23.5. The Morgan fingerprint density at radius 1 is 0.680 bits per heavy atom. The molecule has 5 rings (SSSR count). The number of hydrogen-bond donors (Lipinski definition) is 5. The Balaban J connectivity index is 1.30. The lowest BCUT2D eigenvalue weighted by Crippen LogP contribution is -2.30. The number of azide groups is 1. The lowest BCUT2D eigenvalue weighted by atomic mass is 9.93. The fourth-order valence-electron chi connectivity index (χ4n) is 5.51. The number of carbonyl (C=O) groups is 2. The molecule has 17 nitrogen and oxygen atoms in total. The highest BCUT2D eigenvalue weighted by atomic mass is 32.2. The second kappa shape index (κ2) is 14.0. The molecule has 0 saturated heterocycles. The van der Waals surface area contributed by atoms with Crippen molar-refractivity contribution in [1.29, 1.82) is 0 Å². The van der Waals surface area contributed by atoms with Crippen molar-refractivity contribution in [2.45, 2.75) is 33.9 Å². The first-order valence-electron chi connectivity index (χ1n) is 14.5. The molecule has 20 heteroatoms. The molecular formula is C30H27N5O12S3. The summed E-state index contributed by atoms with van der Waals surface area (Å²) in [4.78, 5) is 25.1. The maximum absolute atomic E-state index is 12.6. The van der Waals surface area contributed by atoms with E-state index in [0.29, 0.717) is 43.1 Å². The fraction of sp³-hybridized carbons (Fsp3) is 0.200. The number of hydrogen-bond acceptors (Lipinski definition) is 10. The van der Waals surface area contributed by atoms with E-state index in [2.05, 4.69) is 20.7 Å². The van der Waals surface area contributed by atoms with Gasteiger partial charge in [-0.2, -0.15) is 25.3 Å². The monoisotopic (exact) mass is 745 g/mol. The number of ether oxygens (including phenoxy) is 1. The highest BCUT2D eigenvalue weighted by Crippen LogP contribution is 2.45. The molecule has 0 aliphatic heterocycles. The number of nitrogens with one attached hydrogen (secondary N) is 2. The number of benzene rings is 5. The summed E-state index contributed by atoms with van der Waals surface area (Å²) < 4.78 is 109. The number of carbonyl (C=O) groups excluding carboxylic acids is 2. The third-order valence-electron chi connectivity index (χ3n) is 7.69. The Labute approximate surface area is 284 Å². The van der Waals surface area contributed by atoms with Gasteiger partial charge < -0.3 is 15.4 Å². The molecule has 0 radical (unpaired) electrons. The maximum Gasteiger partial charge on any atom is 0.295 e. The van der Waals surface area contributed by atoms with Crippen LogP contribution in [0.3, 0.4) is 0 Å². The zero-order valence-corrected chi connectivity index (χ0v) is 28.0. The summed E-state index contributed by atoms with van der Waals surface area (Å²) in [7, 11) is -15.1. The summed E-state index contributed by atoms with van der Waals surface area (Å²) in [6.07, 6.45) is 1.79. The average molecular weight is 746 g/mol. The predicted molar refractivity (Wildman–Crippen MR) is 180 cm³/mol. The second-order valence-electron chi connectivity index (χ2n) is 10.9. The van der Waals surface area contributed by atoms with Gasteiger partial charge >= 0.3 is 0 Å². The summed E-state index contributed by atoms with van der Waals surface area (Å²) in [6, 6.07) is 12.4. The van der Waals surface area contributed by atoms with Crippen molar-refractivity contribution < 1.29 is 53.2 Å². The van der Waals surface area contributed by atoms with Crippen LogP contribution in [-0.2, 0) is 35.1 Å². The van der Waals surface area contributed by atoms with E-state index in [4.69, 9.17) is 10.3 Å². The Kier molecular flexibility index (Phi) is 10.2. The van der Waals surface area contributed by atoms with E-state index in [1.165, 1.54) is 36.4 Å². The summed E-state index contributed by atoms with van der Waals surface area (Å²) in [6.45, 7) is -0.00523. The largest absolute Gasteiger partial charge is 0.483 e. The smallest absolute Gasteiger partial charge is 0.295 e. The quantitative estimate of drug-likeness (QED) is 0.0265. The highest BCUT2D eigenvalue weighted by molar-refractivity contribution is 7.87. The first-order valence-corrected chi connectivity index (χ1v) is 18.9. The topological polar surface area (TPSA) is 279 Å². The Hall–Kier alpha value is -5.08. The average Bonchev–Trinajstić information content (AvgIpc) is 3.04. The molecule has 2 amide bonds. The van der Waals surface area contributed by atoms with Gasteiger partial charge in [0, 0.05) is 67.6 Å². The van der Waals surface area contributed by atoms with Gasteiger partial charge in [-0.3, -0.25) is 23.2 Å². The van der Waals surface area contributed by atoms with Crippen LogP contribution in [0.4, 0.5) is 5.69 Å². The Morgan fingerprint density at radius 3 is 1.68 bits per heavy atom. The Bertz CT molecular complexity index is 2480. The molecule has 0 bridgehead atoms. The number of unbranched alkanes of at least 4 members (excludes halogenated alkanes) is 2. The molecule has 0 atom stereocenters. The molecule has 262 valence electrons. The van der Waals surface area contributed by atoms with Gasteiger partial charge in [0.2, 0.25) is 0 Å². The molecule has 5 aromatic carbocycles. The van der Waals surface area contributed by atoms with Crippen molar-refractivity contribution in [1.82, 2.24) is 10.6 Å². The van der Waals surface area contributed by atoms with Crippen molar-refractivity contribution in [3.05, 3.63) is 76.7 Å². The second-order valence-corrected chi connectivity index (χ2v) is 15.1. The molecule has 0 fully saturated rings. The maximum atomic E-state index is 12.6. The van der Waals surface area contributed by atoms with Crippen molar-refractivity contribution in [3.63, 3.8) is 0 Å². The summed E-state index contributed by atoms with van der Waals surface area (Å²) in [5, 5.41) is 8.08. The van der Waals surface area contributed by atoms with Gasteiger partial charge in [-0.05, 0) is 49.1 Å². The van der Waals surface area contributed by atoms with Gasteiger partial charge in [-0.1, -0.05) is 35.4 Å². The minimum Gasteiger partial charge on any atom is -0.483 e. The van der Waals surface area contributed by atoms with Gasteiger partial charge in [-0.15, -0.1) is 0 Å². The van der Waals surface area contributed by atoms with Crippen LogP contribution in [0.2, 0.25) is 0 Å². The van der Waals surface area contributed by atoms with Crippen LogP contribution in [0.1, 0.15) is 29.6 Å². The van der Waals surface area contributed by atoms with Crippen LogP contribution in [-0.4, -0.2) is 70.4 Å². The van der Waals surface area contributed by atoms with Crippen molar-refractivity contribution >= 4 is 80.2 Å². The minimum absolute atomic E-state index is 0.0850. The first kappa shape index (κ1) is 36.2. The zero-order valence-electron chi connectivity index (χ0n) is 25.6. The zero-order chi connectivity index (χ0) is 36.4. The number of rotatable bonds is 14. The summed E-state index contributed by atoms with van der Waals surface area (Å²) >= 11 is 0. The Morgan fingerprint density at radius 2 is 1.16 bits per heavy atom. The number of amides is 2. The molecular weight excluding hydrogens is 719 g/mol. The van der Waals surface area contributed by atoms with E-state index in [1.807, 2.05) is 0 Å². The third-order valence-corrected chi connectivity index (χ3v) is 10.4. The molecule has 0 saturated carbocycles. The van der Waals surface area contributed by atoms with Crippen molar-refractivity contribution in [2.75, 3.05) is 19.7 Å². The third kappa shape index (κ3) is 7.71. The van der Waals surface area contributed by atoms with Crippen molar-refractivity contribution in [3.8, 4) is 5.75 Å². The molecule has 0 aromatic heterocycles. The molecule has 0 heterocycles. The lowest BCUT2D eigenvalue weighted by Gasteiger charge is -2.19. The molecule has 5 N–H and O–H groups in total. The van der Waals surface area contributed by atoms with Gasteiger partial charge in [0.15, 0.2) is 6.61 Å². The van der Waals surface area contributed by atoms with E-state index in [9.17, 15) is 48.5 Å². The van der Waals surface area contributed by atoms with E-state index < -0.39 is 57.6 Å². The summed E-state index contributed by atoms with van der Waals surface area (Å²) in [5.41, 5.74) is 9.23. The molecule has 0 unspecified atom stereocenters. The van der Waals surface area contributed by atoms with E-state index in [0.717, 1.165) is 18.2 Å². The molecule has 0 spiro atoms. The van der Waals surface area contributed by atoms with Crippen LogP contribution in [0, 0.1) is 0 Å². The molecule has 5 aromatic rings. The van der Waals surface area contributed by atoms with Crippen LogP contribution in [0.15, 0.2) is 80.5 Å². The van der Waals surface area contributed by atoms with Crippen LogP contribution in [0.25, 0.3) is 42.8 Å². The van der Waals surface area contributed by atoms with Gasteiger partial charge in [-0.25, -0.2) is 0 Å². The van der Waals surface area contributed by atoms with Gasteiger partial charge in [0.25, 0.3) is 42.2 Å². The van der Waals surface area contributed by atoms with E-state index >= 15 is 0 Å². The lowest BCUT2D eigenvalue weighted by molar-refractivity contribution is -0.123. The van der Waals surface area contributed by atoms with Crippen LogP contribution in [0.5, 0.6) is 5.75 Å². The standard InChI is InChI=1S/C30H27N5O12S3/c31-35-34-18-6-4-17(5-7-18)30(37)33-13-3-1-2-12-32-27(36)16-47-23-14-24(48(38,39)40)20-10-11-22-26(50(44,45)46)15-25(49(41,42)43)21-9-8-19(23)28(20)29(21)22/h4-11,14-15H,1-3,12-13,16H2,(H,32,36)(H,33,37)(H,38,39,40)(H,41,42,43)(H,44,45,46). The van der Waals surface area contributed by atoms with Gasteiger partial charge in [0.05, 0.1) is 0 Å². The van der Waals surface area contributed by atoms with E-state index in [1.54, 1.807) is 0 Å². The van der Waals surface area contributed by atoms with Crippen molar-refractivity contribution in [2.24, 2.45) is 5.11 Å².